The van der Waals surface area contributed by atoms with Crippen LogP contribution in [0.5, 0.6) is 5.75 Å². The van der Waals surface area contributed by atoms with E-state index >= 15 is 0 Å². The van der Waals surface area contributed by atoms with E-state index in [-0.39, 0.29) is 11.7 Å². The highest BCUT2D eigenvalue weighted by atomic mass is 79.9. The number of nitro groups is 1. The Kier molecular flexibility index (Phi) is 4.61. The molecule has 106 valence electrons. The van der Waals surface area contributed by atoms with Crippen LogP contribution in [0.2, 0.25) is 0 Å². The molecule has 2 aromatic rings. The van der Waals surface area contributed by atoms with Crippen LogP contribution in [0, 0.1) is 10.1 Å². The van der Waals surface area contributed by atoms with Gasteiger partial charge in [0, 0.05) is 20.8 Å². The lowest BCUT2D eigenvalue weighted by atomic mass is 10.2. The van der Waals surface area contributed by atoms with Crippen molar-refractivity contribution in [1.82, 2.24) is 0 Å². The minimum Gasteiger partial charge on any atom is -0.494 e. The van der Waals surface area contributed by atoms with E-state index in [4.69, 9.17) is 4.74 Å². The van der Waals surface area contributed by atoms with Gasteiger partial charge in [0.15, 0.2) is 0 Å². The van der Waals surface area contributed by atoms with Crippen LogP contribution < -0.4 is 10.1 Å². The van der Waals surface area contributed by atoms with Crippen LogP contribution in [0.4, 0.5) is 11.4 Å². The molecule has 0 saturated heterocycles. The summed E-state index contributed by atoms with van der Waals surface area (Å²) >= 11 is 5.06. The van der Waals surface area contributed by atoms with Crippen LogP contribution in [0.15, 0.2) is 34.1 Å². The van der Waals surface area contributed by atoms with Crippen LogP contribution in [-0.2, 0) is 0 Å². The molecule has 1 aromatic heterocycles. The average molecular weight is 357 g/mol. The molecule has 7 heteroatoms. The molecular weight excluding hydrogens is 344 g/mol. The molecular formula is C13H13BrN2O3S. The number of non-ortho nitro benzene ring substituents is 1. The first-order valence-electron chi connectivity index (χ1n) is 5.84. The number of hydrogen-bond acceptors (Lipinski definition) is 5. The largest absolute Gasteiger partial charge is 0.494 e. The van der Waals surface area contributed by atoms with Crippen molar-refractivity contribution in [2.75, 3.05) is 12.4 Å². The third-order valence-electron chi connectivity index (χ3n) is 2.78. The van der Waals surface area contributed by atoms with Crippen molar-refractivity contribution in [2.24, 2.45) is 0 Å². The molecule has 1 aromatic carbocycles. The predicted octanol–water partition coefficient (Wildman–Crippen LogP) is 4.60. The van der Waals surface area contributed by atoms with Gasteiger partial charge in [-0.3, -0.25) is 10.1 Å². The summed E-state index contributed by atoms with van der Waals surface area (Å²) in [6.45, 7) is 2.03. The Morgan fingerprint density at radius 1 is 1.45 bits per heavy atom. The average Bonchev–Trinajstić information content (AvgIpc) is 2.85. The quantitative estimate of drug-likeness (QED) is 0.627. The smallest absolute Gasteiger partial charge is 0.273 e. The molecule has 2 rings (SSSR count). The van der Waals surface area contributed by atoms with Gasteiger partial charge in [-0.05, 0) is 35.0 Å². The van der Waals surface area contributed by atoms with E-state index in [1.54, 1.807) is 17.4 Å². The molecule has 0 saturated carbocycles. The Morgan fingerprint density at radius 3 is 2.75 bits per heavy atom. The van der Waals surface area contributed by atoms with E-state index in [1.807, 2.05) is 18.4 Å². The van der Waals surface area contributed by atoms with Gasteiger partial charge in [-0.25, -0.2) is 0 Å². The minimum atomic E-state index is -0.438. The highest BCUT2D eigenvalue weighted by Crippen LogP contribution is 2.33. The zero-order valence-corrected chi connectivity index (χ0v) is 13.3. The zero-order valence-electron chi connectivity index (χ0n) is 10.9. The van der Waals surface area contributed by atoms with Gasteiger partial charge in [0.2, 0.25) is 0 Å². The number of nitrogens with zero attached hydrogens (tertiary/aromatic N) is 1. The van der Waals surface area contributed by atoms with Gasteiger partial charge in [0.1, 0.15) is 5.75 Å². The van der Waals surface area contributed by atoms with Crippen LogP contribution in [0.25, 0.3) is 0 Å². The fourth-order valence-electron chi connectivity index (χ4n) is 1.77. The molecule has 1 N–H and O–H groups in total. The molecule has 20 heavy (non-hydrogen) atoms. The summed E-state index contributed by atoms with van der Waals surface area (Å²) < 4.78 is 6.25. The molecule has 0 radical (unpaired) electrons. The molecule has 0 fully saturated rings. The van der Waals surface area contributed by atoms with E-state index in [1.165, 1.54) is 19.2 Å². The molecule has 1 heterocycles. The van der Waals surface area contributed by atoms with Crippen molar-refractivity contribution in [1.29, 1.82) is 0 Å². The molecule has 1 unspecified atom stereocenters. The van der Waals surface area contributed by atoms with Crippen molar-refractivity contribution in [3.8, 4) is 5.75 Å². The van der Waals surface area contributed by atoms with Gasteiger partial charge in [-0.1, -0.05) is 0 Å². The lowest BCUT2D eigenvalue weighted by molar-refractivity contribution is -0.384. The number of nitrogens with one attached hydrogen (secondary N) is 1. The van der Waals surface area contributed by atoms with Crippen LogP contribution in [0.1, 0.15) is 17.8 Å². The van der Waals surface area contributed by atoms with Crippen molar-refractivity contribution in [3.05, 3.63) is 49.1 Å². The van der Waals surface area contributed by atoms with E-state index in [0.717, 1.165) is 15.0 Å². The normalized spacial score (nSPS) is 11.9. The van der Waals surface area contributed by atoms with E-state index < -0.39 is 4.92 Å². The maximum Gasteiger partial charge on any atom is 0.273 e. The number of hydrogen-bond donors (Lipinski definition) is 1. The highest BCUT2D eigenvalue weighted by molar-refractivity contribution is 9.10. The topological polar surface area (TPSA) is 64.4 Å². The molecule has 0 amide bonds. The van der Waals surface area contributed by atoms with Gasteiger partial charge in [-0.2, -0.15) is 0 Å². The number of thiophene rings is 1. The highest BCUT2D eigenvalue weighted by Gasteiger charge is 2.14. The minimum absolute atomic E-state index is 0.0129. The monoisotopic (exact) mass is 356 g/mol. The first kappa shape index (κ1) is 14.8. The SMILES string of the molecule is COc1cc([N+](=O)[O-])ccc1NC(C)c1cc(Br)cs1. The zero-order chi connectivity index (χ0) is 14.7. The van der Waals surface area contributed by atoms with E-state index in [2.05, 4.69) is 21.2 Å². The van der Waals surface area contributed by atoms with Gasteiger partial charge >= 0.3 is 0 Å². The van der Waals surface area contributed by atoms with Gasteiger partial charge < -0.3 is 10.1 Å². The number of anilines is 1. The maximum atomic E-state index is 10.8. The molecule has 0 spiro atoms. The number of benzene rings is 1. The molecule has 0 bridgehead atoms. The summed E-state index contributed by atoms with van der Waals surface area (Å²) in [5.41, 5.74) is 0.744. The summed E-state index contributed by atoms with van der Waals surface area (Å²) in [5.74, 6) is 0.460. The van der Waals surface area contributed by atoms with E-state index in [9.17, 15) is 10.1 Å². The van der Waals surface area contributed by atoms with E-state index in [0.29, 0.717) is 5.75 Å². The van der Waals surface area contributed by atoms with Crippen LogP contribution >= 0.6 is 27.3 Å². The fraction of sp³-hybridized carbons (Fsp3) is 0.231. The summed E-state index contributed by atoms with van der Waals surface area (Å²) in [7, 11) is 1.50. The third kappa shape index (κ3) is 3.29. The Hall–Kier alpha value is -1.60. The second-order valence-corrected chi connectivity index (χ2v) is 6.03. The lowest BCUT2D eigenvalue weighted by Gasteiger charge is -2.16. The number of ether oxygens (including phenoxy) is 1. The molecule has 5 nitrogen and oxygen atoms in total. The second-order valence-electron chi connectivity index (χ2n) is 4.18. The fourth-order valence-corrected chi connectivity index (χ4v) is 3.23. The molecule has 0 aliphatic carbocycles. The predicted molar refractivity (Wildman–Crippen MR) is 83.7 cm³/mol. The Labute approximate surface area is 128 Å². The number of halogens is 1. The Bertz CT molecular complexity index is 630. The van der Waals surface area contributed by atoms with Crippen molar-refractivity contribution in [2.45, 2.75) is 13.0 Å². The molecule has 0 aliphatic rings. The Balaban J connectivity index is 2.22. The van der Waals surface area contributed by atoms with Crippen molar-refractivity contribution < 1.29 is 9.66 Å². The molecule has 0 aliphatic heterocycles. The molecule has 1 atom stereocenters. The number of rotatable bonds is 5. The lowest BCUT2D eigenvalue weighted by Crippen LogP contribution is -2.06. The Morgan fingerprint density at radius 2 is 2.20 bits per heavy atom. The number of nitro benzene ring substituents is 1. The van der Waals surface area contributed by atoms with Crippen LogP contribution in [-0.4, -0.2) is 12.0 Å². The summed E-state index contributed by atoms with van der Waals surface area (Å²) in [6.07, 6.45) is 0. The second kappa shape index (κ2) is 6.23. The third-order valence-corrected chi connectivity index (χ3v) is 4.66. The maximum absolute atomic E-state index is 10.8. The first-order chi connectivity index (χ1) is 9.51. The number of methoxy groups -OCH3 is 1. The van der Waals surface area contributed by atoms with Gasteiger partial charge in [-0.15, -0.1) is 11.3 Å². The van der Waals surface area contributed by atoms with Crippen molar-refractivity contribution in [3.63, 3.8) is 0 Å². The van der Waals surface area contributed by atoms with Crippen LogP contribution in [0.3, 0.4) is 0 Å². The van der Waals surface area contributed by atoms with Gasteiger partial charge in [0.05, 0.1) is 29.8 Å². The summed E-state index contributed by atoms with van der Waals surface area (Å²) in [4.78, 5) is 11.5. The standard InChI is InChI=1S/C13H13BrN2O3S/c1-8(13-5-9(14)7-20-13)15-11-4-3-10(16(17)18)6-12(11)19-2/h3-8,15H,1-2H3. The van der Waals surface area contributed by atoms with Gasteiger partial charge in [0.25, 0.3) is 5.69 Å². The summed E-state index contributed by atoms with van der Waals surface area (Å²) in [5, 5.41) is 16.1. The summed E-state index contributed by atoms with van der Waals surface area (Å²) in [6, 6.07) is 6.67. The van der Waals surface area contributed by atoms with Crippen molar-refractivity contribution >= 4 is 38.6 Å². The first-order valence-corrected chi connectivity index (χ1v) is 7.51.